The minimum atomic E-state index is 0.473. The van der Waals surface area contributed by atoms with E-state index < -0.39 is 0 Å². The summed E-state index contributed by atoms with van der Waals surface area (Å²) in [7, 11) is 0. The molecule has 0 aliphatic carbocycles. The predicted octanol–water partition coefficient (Wildman–Crippen LogP) is 2.97. The molecule has 0 fully saturated rings. The lowest BCUT2D eigenvalue weighted by Gasteiger charge is -2.00. The van der Waals surface area contributed by atoms with Crippen LogP contribution in [0.25, 0.3) is 11.4 Å². The number of furan rings is 1. The van der Waals surface area contributed by atoms with Crippen molar-refractivity contribution in [2.24, 2.45) is 0 Å². The molecule has 126 valence electrons. The summed E-state index contributed by atoms with van der Waals surface area (Å²) in [6.07, 6.45) is 1.62. The molecule has 0 N–H and O–H groups in total. The molecular weight excluding hydrogens is 340 g/mol. The molecule has 0 atom stereocenters. The summed E-state index contributed by atoms with van der Waals surface area (Å²) in [5, 5.41) is 16.4. The second-order valence-electron chi connectivity index (χ2n) is 5.31. The van der Waals surface area contributed by atoms with Crippen molar-refractivity contribution in [3.8, 4) is 11.4 Å². The van der Waals surface area contributed by atoms with Crippen molar-refractivity contribution in [2.45, 2.75) is 24.4 Å². The molecule has 8 nitrogen and oxygen atoms in total. The van der Waals surface area contributed by atoms with E-state index in [4.69, 9.17) is 8.94 Å². The van der Waals surface area contributed by atoms with Gasteiger partial charge in [-0.15, -0.1) is 5.10 Å². The van der Waals surface area contributed by atoms with Crippen LogP contribution in [0.15, 0.2) is 56.8 Å². The van der Waals surface area contributed by atoms with Crippen molar-refractivity contribution >= 4 is 11.8 Å². The van der Waals surface area contributed by atoms with Crippen LogP contribution in [0, 0.1) is 6.92 Å². The standard InChI is InChI=1S/C16H14N6O2S/c1-11-5-2-3-7-13(11)15-17-14(24-19-15)10-25-16-18-20-21-22(16)9-12-6-4-8-23-12/h2-8H,9-10H2,1H3. The molecule has 0 bridgehead atoms. The van der Waals surface area contributed by atoms with Crippen molar-refractivity contribution in [1.82, 2.24) is 30.3 Å². The third kappa shape index (κ3) is 3.45. The van der Waals surface area contributed by atoms with E-state index in [-0.39, 0.29) is 0 Å². The lowest BCUT2D eigenvalue weighted by atomic mass is 10.1. The second kappa shape index (κ2) is 6.89. The predicted molar refractivity (Wildman–Crippen MR) is 89.7 cm³/mol. The van der Waals surface area contributed by atoms with Crippen LogP contribution in [-0.2, 0) is 12.3 Å². The monoisotopic (exact) mass is 354 g/mol. The Kier molecular flexibility index (Phi) is 4.30. The Bertz CT molecular complexity index is 963. The molecule has 4 rings (SSSR count). The Morgan fingerprint density at radius 3 is 2.92 bits per heavy atom. The van der Waals surface area contributed by atoms with Crippen LogP contribution < -0.4 is 0 Å². The second-order valence-corrected chi connectivity index (χ2v) is 6.26. The summed E-state index contributed by atoms with van der Waals surface area (Å²) in [6, 6.07) is 11.6. The van der Waals surface area contributed by atoms with Crippen LogP contribution in [0.5, 0.6) is 0 Å². The topological polar surface area (TPSA) is 95.7 Å². The highest BCUT2D eigenvalue weighted by atomic mass is 32.2. The van der Waals surface area contributed by atoms with Crippen LogP contribution >= 0.6 is 11.8 Å². The fraction of sp³-hybridized carbons (Fsp3) is 0.188. The third-order valence-corrected chi connectivity index (χ3v) is 4.51. The fourth-order valence-electron chi connectivity index (χ4n) is 2.32. The van der Waals surface area contributed by atoms with Crippen molar-refractivity contribution in [3.05, 3.63) is 59.9 Å². The SMILES string of the molecule is Cc1ccccc1-c1noc(CSc2nnnn2Cc2ccco2)n1. The zero-order valence-corrected chi connectivity index (χ0v) is 14.2. The van der Waals surface area contributed by atoms with Gasteiger partial charge in [-0.05, 0) is 35.0 Å². The van der Waals surface area contributed by atoms with Crippen molar-refractivity contribution in [3.63, 3.8) is 0 Å². The highest BCUT2D eigenvalue weighted by Crippen LogP contribution is 2.23. The van der Waals surface area contributed by atoms with Crippen LogP contribution in [-0.4, -0.2) is 30.3 Å². The lowest BCUT2D eigenvalue weighted by molar-refractivity contribution is 0.391. The first kappa shape index (κ1) is 15.6. The van der Waals surface area contributed by atoms with Crippen molar-refractivity contribution in [2.75, 3.05) is 0 Å². The molecule has 3 heterocycles. The summed E-state index contributed by atoms with van der Waals surface area (Å²) in [5.41, 5.74) is 2.06. The fourth-order valence-corrected chi connectivity index (χ4v) is 3.04. The van der Waals surface area contributed by atoms with Gasteiger partial charge in [0.15, 0.2) is 0 Å². The van der Waals surface area contributed by atoms with Gasteiger partial charge in [-0.1, -0.05) is 41.2 Å². The quantitative estimate of drug-likeness (QED) is 0.488. The molecule has 0 radical (unpaired) electrons. The number of nitrogens with zero attached hydrogens (tertiary/aromatic N) is 6. The molecule has 25 heavy (non-hydrogen) atoms. The minimum absolute atomic E-state index is 0.473. The first-order valence-electron chi connectivity index (χ1n) is 7.59. The summed E-state index contributed by atoms with van der Waals surface area (Å²) in [6.45, 7) is 2.49. The highest BCUT2D eigenvalue weighted by molar-refractivity contribution is 7.98. The van der Waals surface area contributed by atoms with E-state index in [1.807, 2.05) is 43.3 Å². The minimum Gasteiger partial charge on any atom is -0.467 e. The molecule has 0 saturated carbocycles. The van der Waals surface area contributed by atoms with Crippen LogP contribution in [0.4, 0.5) is 0 Å². The molecule has 0 aliphatic rings. The van der Waals surface area contributed by atoms with Crippen LogP contribution in [0.2, 0.25) is 0 Å². The molecule has 1 aromatic carbocycles. The number of thioether (sulfide) groups is 1. The van der Waals surface area contributed by atoms with E-state index in [0.717, 1.165) is 16.9 Å². The third-order valence-electron chi connectivity index (χ3n) is 3.56. The van der Waals surface area contributed by atoms with E-state index in [9.17, 15) is 0 Å². The van der Waals surface area contributed by atoms with Gasteiger partial charge >= 0.3 is 0 Å². The van der Waals surface area contributed by atoms with Crippen LogP contribution in [0.1, 0.15) is 17.2 Å². The Hall–Kier alpha value is -2.94. The average molecular weight is 354 g/mol. The highest BCUT2D eigenvalue weighted by Gasteiger charge is 2.14. The van der Waals surface area contributed by atoms with Gasteiger partial charge in [0.1, 0.15) is 12.3 Å². The molecule has 4 aromatic rings. The van der Waals surface area contributed by atoms with Gasteiger partial charge < -0.3 is 8.94 Å². The number of aromatic nitrogens is 6. The Balaban J connectivity index is 1.45. The zero-order valence-electron chi connectivity index (χ0n) is 13.4. The largest absolute Gasteiger partial charge is 0.467 e. The van der Waals surface area contributed by atoms with E-state index in [2.05, 4.69) is 25.7 Å². The summed E-state index contributed by atoms with van der Waals surface area (Å²) in [4.78, 5) is 4.45. The zero-order chi connectivity index (χ0) is 17.1. The van der Waals surface area contributed by atoms with Gasteiger partial charge in [-0.25, -0.2) is 4.68 Å². The van der Waals surface area contributed by atoms with Gasteiger partial charge in [-0.2, -0.15) is 4.98 Å². The first-order valence-corrected chi connectivity index (χ1v) is 8.58. The van der Waals surface area contributed by atoms with E-state index in [1.54, 1.807) is 10.9 Å². The Morgan fingerprint density at radius 1 is 1.16 bits per heavy atom. The Labute approximate surface area is 147 Å². The maximum atomic E-state index is 5.34. The number of aryl methyl sites for hydroxylation is 1. The van der Waals surface area contributed by atoms with Crippen LogP contribution in [0.3, 0.4) is 0 Å². The van der Waals surface area contributed by atoms with Crippen molar-refractivity contribution in [1.29, 1.82) is 0 Å². The lowest BCUT2D eigenvalue weighted by Crippen LogP contribution is -2.03. The number of hydrogen-bond acceptors (Lipinski definition) is 8. The van der Waals surface area contributed by atoms with Gasteiger partial charge in [0.25, 0.3) is 0 Å². The van der Waals surface area contributed by atoms with Gasteiger partial charge in [0.05, 0.1) is 12.0 Å². The smallest absolute Gasteiger partial charge is 0.237 e. The average Bonchev–Trinajstić information content (AvgIpc) is 3.36. The van der Waals surface area contributed by atoms with Gasteiger partial charge in [-0.3, -0.25) is 0 Å². The van der Waals surface area contributed by atoms with Gasteiger partial charge in [0, 0.05) is 5.56 Å². The molecule has 0 aliphatic heterocycles. The summed E-state index contributed by atoms with van der Waals surface area (Å²) >= 11 is 1.43. The van der Waals surface area contributed by atoms with Crippen molar-refractivity contribution < 1.29 is 8.94 Å². The number of benzene rings is 1. The molecule has 0 amide bonds. The maximum absolute atomic E-state index is 5.34. The molecule has 0 unspecified atom stereocenters. The molecule has 9 heteroatoms. The molecule has 0 saturated heterocycles. The Morgan fingerprint density at radius 2 is 2.08 bits per heavy atom. The van der Waals surface area contributed by atoms with Gasteiger partial charge in [0.2, 0.25) is 16.9 Å². The first-order chi connectivity index (χ1) is 12.3. The number of hydrogen-bond donors (Lipinski definition) is 0. The number of tetrazole rings is 1. The summed E-state index contributed by atoms with van der Waals surface area (Å²) < 4.78 is 12.3. The summed E-state index contributed by atoms with van der Waals surface area (Å²) in [5.74, 6) is 2.38. The molecular formula is C16H14N6O2S. The molecule has 3 aromatic heterocycles. The number of rotatable bonds is 6. The van der Waals surface area contributed by atoms with E-state index >= 15 is 0 Å². The van der Waals surface area contributed by atoms with E-state index in [1.165, 1.54) is 11.8 Å². The normalized spacial score (nSPS) is 11.1. The van der Waals surface area contributed by atoms with E-state index in [0.29, 0.717) is 29.2 Å². The molecule has 0 spiro atoms. The maximum Gasteiger partial charge on any atom is 0.237 e.